The van der Waals surface area contributed by atoms with E-state index >= 15 is 0 Å². The highest BCUT2D eigenvalue weighted by Crippen LogP contribution is 2.25. The molecule has 1 saturated heterocycles. The van der Waals surface area contributed by atoms with Gasteiger partial charge in [0.25, 0.3) is 0 Å². The zero-order valence-electron chi connectivity index (χ0n) is 8.46. The Bertz CT molecular complexity index is 188. The fourth-order valence-corrected chi connectivity index (χ4v) is 2.02. The zero-order chi connectivity index (χ0) is 10.4. The van der Waals surface area contributed by atoms with Crippen molar-refractivity contribution in [3.05, 3.63) is 0 Å². The van der Waals surface area contributed by atoms with Crippen LogP contribution in [-0.4, -0.2) is 34.9 Å². The van der Waals surface area contributed by atoms with E-state index in [-0.39, 0.29) is 6.61 Å². The lowest BCUT2D eigenvalue weighted by Gasteiger charge is -2.24. The van der Waals surface area contributed by atoms with Crippen LogP contribution in [0.15, 0.2) is 0 Å². The van der Waals surface area contributed by atoms with Gasteiger partial charge in [0.2, 0.25) is 0 Å². The van der Waals surface area contributed by atoms with Crippen molar-refractivity contribution in [3.63, 3.8) is 0 Å². The van der Waals surface area contributed by atoms with E-state index in [0.717, 1.165) is 38.6 Å². The highest BCUT2D eigenvalue weighted by Gasteiger charge is 2.40. The molecule has 0 aromatic rings. The molecule has 4 heteroatoms. The van der Waals surface area contributed by atoms with Crippen LogP contribution in [0.25, 0.3) is 0 Å². The van der Waals surface area contributed by atoms with Gasteiger partial charge in [-0.2, -0.15) is 0 Å². The number of aliphatic hydroxyl groups is 1. The maximum absolute atomic E-state index is 11.1. The summed E-state index contributed by atoms with van der Waals surface area (Å²) >= 11 is 0. The average molecular weight is 201 g/mol. The van der Waals surface area contributed by atoms with E-state index in [0.29, 0.717) is 6.42 Å². The molecular weight excluding hydrogens is 182 g/mol. The van der Waals surface area contributed by atoms with Crippen molar-refractivity contribution in [2.75, 3.05) is 13.2 Å². The molecule has 4 nitrogen and oxygen atoms in total. The Morgan fingerprint density at radius 3 is 2.64 bits per heavy atom. The van der Waals surface area contributed by atoms with Crippen LogP contribution < -0.4 is 5.32 Å². The third-order valence-corrected chi connectivity index (χ3v) is 2.91. The van der Waals surface area contributed by atoms with E-state index in [1.54, 1.807) is 0 Å². The fourth-order valence-electron chi connectivity index (χ4n) is 2.02. The Morgan fingerprint density at radius 1 is 1.36 bits per heavy atom. The van der Waals surface area contributed by atoms with Gasteiger partial charge in [-0.05, 0) is 32.2 Å². The Kier molecular flexibility index (Phi) is 4.35. The van der Waals surface area contributed by atoms with Gasteiger partial charge in [0, 0.05) is 6.61 Å². The predicted molar refractivity (Wildman–Crippen MR) is 53.2 cm³/mol. The van der Waals surface area contributed by atoms with Gasteiger partial charge < -0.3 is 15.5 Å². The molecule has 0 bridgehead atoms. The molecule has 0 amide bonds. The molecule has 14 heavy (non-hydrogen) atoms. The molecule has 3 N–H and O–H groups in total. The lowest BCUT2D eigenvalue weighted by molar-refractivity contribution is -0.144. The number of aliphatic hydroxyl groups excluding tert-OH is 1. The van der Waals surface area contributed by atoms with Crippen molar-refractivity contribution < 1.29 is 15.0 Å². The summed E-state index contributed by atoms with van der Waals surface area (Å²) < 4.78 is 0. The van der Waals surface area contributed by atoms with Crippen LogP contribution in [-0.2, 0) is 4.79 Å². The van der Waals surface area contributed by atoms with Gasteiger partial charge in [0.15, 0.2) is 0 Å². The molecule has 1 rings (SSSR count). The van der Waals surface area contributed by atoms with Gasteiger partial charge in [-0.15, -0.1) is 0 Å². The molecule has 1 aliphatic heterocycles. The van der Waals surface area contributed by atoms with Gasteiger partial charge in [0.05, 0.1) is 0 Å². The summed E-state index contributed by atoms with van der Waals surface area (Å²) in [6, 6.07) is 0. The molecule has 0 aromatic heterocycles. The Hall–Kier alpha value is -0.610. The van der Waals surface area contributed by atoms with Crippen molar-refractivity contribution in [3.8, 4) is 0 Å². The smallest absolute Gasteiger partial charge is 0.323 e. The number of nitrogens with one attached hydrogen (secondary N) is 1. The number of hydrogen-bond acceptors (Lipinski definition) is 3. The first-order chi connectivity index (χ1) is 6.71. The third kappa shape index (κ3) is 2.69. The number of carboxylic acids is 1. The van der Waals surface area contributed by atoms with Crippen LogP contribution in [0, 0.1) is 0 Å². The molecule has 1 heterocycles. The summed E-state index contributed by atoms with van der Waals surface area (Å²) in [5.74, 6) is -0.723. The first-order valence-electron chi connectivity index (χ1n) is 5.30. The van der Waals surface area contributed by atoms with Crippen LogP contribution in [0.1, 0.15) is 38.5 Å². The standard InChI is InChI=1S/C10H19NO3/c12-8-3-1-2-5-10(9(13)14)6-4-7-11-10/h11-12H,1-8H2,(H,13,14). The molecule has 1 unspecified atom stereocenters. The van der Waals surface area contributed by atoms with Crippen LogP contribution in [0.5, 0.6) is 0 Å². The highest BCUT2D eigenvalue weighted by atomic mass is 16.4. The molecule has 0 aromatic carbocycles. The zero-order valence-corrected chi connectivity index (χ0v) is 8.46. The van der Waals surface area contributed by atoms with Crippen LogP contribution >= 0.6 is 0 Å². The number of aliphatic carboxylic acids is 1. The van der Waals surface area contributed by atoms with Crippen molar-refractivity contribution in [1.82, 2.24) is 5.32 Å². The largest absolute Gasteiger partial charge is 0.480 e. The molecule has 0 spiro atoms. The molecule has 1 fully saturated rings. The van der Waals surface area contributed by atoms with Crippen molar-refractivity contribution >= 4 is 5.97 Å². The number of unbranched alkanes of at least 4 members (excludes halogenated alkanes) is 2. The molecule has 1 aliphatic rings. The normalized spacial score (nSPS) is 26.6. The molecule has 0 radical (unpaired) electrons. The number of carboxylic acid groups (broad SMARTS) is 1. The third-order valence-electron chi connectivity index (χ3n) is 2.91. The van der Waals surface area contributed by atoms with E-state index in [4.69, 9.17) is 10.2 Å². The summed E-state index contributed by atoms with van der Waals surface area (Å²) in [7, 11) is 0. The first kappa shape index (κ1) is 11.5. The number of carbonyl (C=O) groups is 1. The van der Waals surface area contributed by atoms with E-state index in [1.807, 2.05) is 0 Å². The summed E-state index contributed by atoms with van der Waals surface area (Å²) in [4.78, 5) is 11.1. The minimum Gasteiger partial charge on any atom is -0.480 e. The van der Waals surface area contributed by atoms with E-state index in [2.05, 4.69) is 5.32 Å². The van der Waals surface area contributed by atoms with Gasteiger partial charge in [-0.3, -0.25) is 4.79 Å². The van der Waals surface area contributed by atoms with E-state index < -0.39 is 11.5 Å². The minimum absolute atomic E-state index is 0.202. The monoisotopic (exact) mass is 201 g/mol. The quantitative estimate of drug-likeness (QED) is 0.554. The minimum atomic E-state index is -0.723. The SMILES string of the molecule is O=C(O)C1(CCCCCO)CCCN1. The molecule has 0 saturated carbocycles. The van der Waals surface area contributed by atoms with E-state index in [1.165, 1.54) is 0 Å². The summed E-state index contributed by atoms with van der Waals surface area (Å²) in [6.07, 6.45) is 4.93. The lowest BCUT2D eigenvalue weighted by atomic mass is 9.91. The Morgan fingerprint density at radius 2 is 2.14 bits per heavy atom. The summed E-state index contributed by atoms with van der Waals surface area (Å²) in [6.45, 7) is 1.01. The van der Waals surface area contributed by atoms with Gasteiger partial charge in [0.1, 0.15) is 5.54 Å². The van der Waals surface area contributed by atoms with Gasteiger partial charge in [-0.25, -0.2) is 0 Å². The molecule has 82 valence electrons. The van der Waals surface area contributed by atoms with Gasteiger partial charge in [-0.1, -0.05) is 12.8 Å². The lowest BCUT2D eigenvalue weighted by Crippen LogP contribution is -2.47. The summed E-state index contributed by atoms with van der Waals surface area (Å²) in [5, 5.41) is 20.8. The average Bonchev–Trinajstić information content (AvgIpc) is 2.62. The Labute approximate surface area is 84.3 Å². The number of hydrogen-bond donors (Lipinski definition) is 3. The summed E-state index contributed by atoms with van der Waals surface area (Å²) in [5.41, 5.74) is -0.671. The van der Waals surface area contributed by atoms with Gasteiger partial charge >= 0.3 is 5.97 Å². The second-order valence-electron chi connectivity index (χ2n) is 3.95. The van der Waals surface area contributed by atoms with Crippen molar-refractivity contribution in [1.29, 1.82) is 0 Å². The van der Waals surface area contributed by atoms with Crippen molar-refractivity contribution in [2.45, 2.75) is 44.1 Å². The van der Waals surface area contributed by atoms with Crippen LogP contribution in [0.2, 0.25) is 0 Å². The predicted octanol–water partition coefficient (Wildman–Crippen LogP) is 0.746. The maximum atomic E-state index is 11.1. The maximum Gasteiger partial charge on any atom is 0.323 e. The van der Waals surface area contributed by atoms with Crippen LogP contribution in [0.4, 0.5) is 0 Å². The fraction of sp³-hybridized carbons (Fsp3) is 0.900. The molecule has 1 atom stereocenters. The molecular formula is C10H19NO3. The second kappa shape index (κ2) is 5.32. The highest BCUT2D eigenvalue weighted by molar-refractivity contribution is 5.79. The Balaban J connectivity index is 2.33. The molecule has 0 aliphatic carbocycles. The second-order valence-corrected chi connectivity index (χ2v) is 3.95. The number of rotatable bonds is 6. The first-order valence-corrected chi connectivity index (χ1v) is 5.30. The topological polar surface area (TPSA) is 69.6 Å². The van der Waals surface area contributed by atoms with Crippen LogP contribution in [0.3, 0.4) is 0 Å². The van der Waals surface area contributed by atoms with E-state index in [9.17, 15) is 4.79 Å². The van der Waals surface area contributed by atoms with Crippen molar-refractivity contribution in [2.24, 2.45) is 0 Å².